The van der Waals surface area contributed by atoms with Crippen LogP contribution in [-0.2, 0) is 9.53 Å². The molecule has 0 bridgehead atoms. The average Bonchev–Trinajstić information content (AvgIpc) is 2.38. The highest BCUT2D eigenvalue weighted by atomic mass is 32.2. The molecule has 1 aromatic rings. The molecule has 0 saturated carbocycles. The lowest BCUT2D eigenvalue weighted by atomic mass is 10.00. The Balaban J connectivity index is 2.46. The standard InChI is InChI=1S/C14H21NO2S/c1-10(2)11-4-6-12(7-5-11)13(15)8-18-9-14(16)17-3/h4-7,10,13H,8-9,15H2,1-3H3. The predicted octanol–water partition coefficient (Wildman–Crippen LogP) is 2.72. The largest absolute Gasteiger partial charge is 0.468 e. The maximum atomic E-state index is 11.0. The second-order valence-electron chi connectivity index (χ2n) is 4.52. The Kier molecular flexibility index (Phi) is 6.22. The summed E-state index contributed by atoms with van der Waals surface area (Å²) in [6, 6.07) is 8.33. The zero-order valence-corrected chi connectivity index (χ0v) is 12.0. The van der Waals surface area contributed by atoms with Crippen molar-refractivity contribution >= 4 is 17.7 Å². The van der Waals surface area contributed by atoms with E-state index in [-0.39, 0.29) is 12.0 Å². The number of ether oxygens (including phenoxy) is 1. The molecule has 0 heterocycles. The molecule has 1 rings (SSSR count). The van der Waals surface area contributed by atoms with Gasteiger partial charge in [-0.3, -0.25) is 4.79 Å². The molecule has 4 heteroatoms. The van der Waals surface area contributed by atoms with E-state index in [4.69, 9.17) is 5.73 Å². The van der Waals surface area contributed by atoms with E-state index >= 15 is 0 Å². The van der Waals surface area contributed by atoms with E-state index in [1.165, 1.54) is 24.4 Å². The van der Waals surface area contributed by atoms with Crippen LogP contribution in [0.3, 0.4) is 0 Å². The smallest absolute Gasteiger partial charge is 0.315 e. The third kappa shape index (κ3) is 4.70. The van der Waals surface area contributed by atoms with Gasteiger partial charge >= 0.3 is 5.97 Å². The molecular formula is C14H21NO2S. The van der Waals surface area contributed by atoms with Gasteiger partial charge < -0.3 is 10.5 Å². The van der Waals surface area contributed by atoms with E-state index in [0.717, 1.165) is 11.3 Å². The van der Waals surface area contributed by atoms with Crippen molar-refractivity contribution in [2.45, 2.75) is 25.8 Å². The number of carbonyl (C=O) groups is 1. The number of thioether (sulfide) groups is 1. The van der Waals surface area contributed by atoms with E-state index in [1.807, 2.05) is 0 Å². The second kappa shape index (κ2) is 7.44. The Labute approximate surface area is 113 Å². The summed E-state index contributed by atoms with van der Waals surface area (Å²) in [6.45, 7) is 4.34. The molecule has 18 heavy (non-hydrogen) atoms. The number of esters is 1. The fraction of sp³-hybridized carbons (Fsp3) is 0.500. The Morgan fingerprint density at radius 3 is 2.33 bits per heavy atom. The van der Waals surface area contributed by atoms with Gasteiger partial charge in [0.2, 0.25) is 0 Å². The molecule has 2 N–H and O–H groups in total. The zero-order chi connectivity index (χ0) is 13.5. The van der Waals surface area contributed by atoms with Crippen LogP contribution < -0.4 is 5.73 Å². The van der Waals surface area contributed by atoms with Gasteiger partial charge in [0.1, 0.15) is 0 Å². The molecule has 0 aliphatic heterocycles. The predicted molar refractivity (Wildman–Crippen MR) is 76.8 cm³/mol. The highest BCUT2D eigenvalue weighted by molar-refractivity contribution is 7.99. The minimum absolute atomic E-state index is 0.0409. The van der Waals surface area contributed by atoms with Crippen LogP contribution in [-0.4, -0.2) is 24.6 Å². The first-order chi connectivity index (χ1) is 8.54. The first kappa shape index (κ1) is 15.1. The van der Waals surface area contributed by atoms with Crippen LogP contribution in [0.1, 0.15) is 36.9 Å². The minimum atomic E-state index is -0.206. The van der Waals surface area contributed by atoms with Gasteiger partial charge in [-0.1, -0.05) is 38.1 Å². The minimum Gasteiger partial charge on any atom is -0.468 e. The molecule has 0 fully saturated rings. The normalized spacial score (nSPS) is 12.5. The van der Waals surface area contributed by atoms with Gasteiger partial charge in [-0.2, -0.15) is 0 Å². The molecule has 1 atom stereocenters. The van der Waals surface area contributed by atoms with E-state index in [0.29, 0.717) is 11.7 Å². The Morgan fingerprint density at radius 1 is 1.28 bits per heavy atom. The molecule has 0 amide bonds. The van der Waals surface area contributed by atoms with Crippen molar-refractivity contribution in [1.29, 1.82) is 0 Å². The first-order valence-corrected chi connectivity index (χ1v) is 7.20. The highest BCUT2D eigenvalue weighted by Gasteiger charge is 2.08. The van der Waals surface area contributed by atoms with Gasteiger partial charge in [-0.05, 0) is 17.0 Å². The summed E-state index contributed by atoms with van der Waals surface area (Å²) in [5.41, 5.74) is 8.50. The van der Waals surface area contributed by atoms with Crippen molar-refractivity contribution in [3.63, 3.8) is 0 Å². The highest BCUT2D eigenvalue weighted by Crippen LogP contribution is 2.20. The topological polar surface area (TPSA) is 52.3 Å². The lowest BCUT2D eigenvalue weighted by molar-refractivity contribution is -0.137. The monoisotopic (exact) mass is 267 g/mol. The van der Waals surface area contributed by atoms with Crippen molar-refractivity contribution < 1.29 is 9.53 Å². The van der Waals surface area contributed by atoms with E-state index in [2.05, 4.69) is 42.8 Å². The quantitative estimate of drug-likeness (QED) is 0.805. The van der Waals surface area contributed by atoms with Gasteiger partial charge in [0.25, 0.3) is 0 Å². The summed E-state index contributed by atoms with van der Waals surface area (Å²) in [7, 11) is 1.40. The SMILES string of the molecule is COC(=O)CSCC(N)c1ccc(C(C)C)cc1. The Hall–Kier alpha value is -1.00. The van der Waals surface area contributed by atoms with Crippen LogP contribution in [0.4, 0.5) is 0 Å². The molecule has 3 nitrogen and oxygen atoms in total. The van der Waals surface area contributed by atoms with Crippen molar-refractivity contribution in [3.8, 4) is 0 Å². The van der Waals surface area contributed by atoms with Gasteiger partial charge in [-0.25, -0.2) is 0 Å². The molecule has 0 saturated heterocycles. The maximum absolute atomic E-state index is 11.0. The fourth-order valence-corrected chi connectivity index (χ4v) is 2.40. The molecule has 0 radical (unpaired) electrons. The summed E-state index contributed by atoms with van der Waals surface area (Å²) < 4.78 is 4.58. The van der Waals surface area contributed by atoms with Crippen LogP contribution in [0.15, 0.2) is 24.3 Å². The average molecular weight is 267 g/mol. The number of hydrogen-bond acceptors (Lipinski definition) is 4. The molecule has 0 aliphatic carbocycles. The zero-order valence-electron chi connectivity index (χ0n) is 11.2. The molecular weight excluding hydrogens is 246 g/mol. The lowest BCUT2D eigenvalue weighted by Crippen LogP contribution is -2.14. The van der Waals surface area contributed by atoms with Crippen LogP contribution in [0, 0.1) is 0 Å². The second-order valence-corrected chi connectivity index (χ2v) is 5.55. The van der Waals surface area contributed by atoms with Gasteiger partial charge in [0.15, 0.2) is 0 Å². The third-order valence-electron chi connectivity index (χ3n) is 2.78. The number of rotatable bonds is 6. The van der Waals surface area contributed by atoms with Crippen LogP contribution >= 0.6 is 11.8 Å². The summed E-state index contributed by atoms with van der Waals surface area (Å²) >= 11 is 1.50. The van der Waals surface area contributed by atoms with Gasteiger partial charge in [-0.15, -0.1) is 11.8 Å². The van der Waals surface area contributed by atoms with Crippen molar-refractivity contribution in [3.05, 3.63) is 35.4 Å². The van der Waals surface area contributed by atoms with Crippen LogP contribution in [0.25, 0.3) is 0 Å². The Bertz CT molecular complexity index is 376. The molecule has 0 aliphatic rings. The summed E-state index contributed by atoms with van der Waals surface area (Å²) in [5.74, 6) is 1.40. The van der Waals surface area contributed by atoms with E-state index < -0.39 is 0 Å². The summed E-state index contributed by atoms with van der Waals surface area (Å²) in [6.07, 6.45) is 0. The number of carbonyl (C=O) groups excluding carboxylic acids is 1. The van der Waals surface area contributed by atoms with Gasteiger partial charge in [0.05, 0.1) is 12.9 Å². The van der Waals surface area contributed by atoms with E-state index in [9.17, 15) is 4.79 Å². The fourth-order valence-electron chi connectivity index (χ4n) is 1.55. The molecule has 0 aromatic heterocycles. The van der Waals surface area contributed by atoms with E-state index in [1.54, 1.807) is 0 Å². The Morgan fingerprint density at radius 2 is 1.83 bits per heavy atom. The van der Waals surface area contributed by atoms with Crippen molar-refractivity contribution in [2.75, 3.05) is 18.6 Å². The molecule has 100 valence electrons. The molecule has 1 unspecified atom stereocenters. The first-order valence-electron chi connectivity index (χ1n) is 6.04. The molecule has 0 spiro atoms. The number of nitrogens with two attached hydrogens (primary N) is 1. The van der Waals surface area contributed by atoms with Crippen LogP contribution in [0.5, 0.6) is 0 Å². The number of hydrogen-bond donors (Lipinski definition) is 1. The van der Waals surface area contributed by atoms with Gasteiger partial charge in [0, 0.05) is 11.8 Å². The maximum Gasteiger partial charge on any atom is 0.315 e. The van der Waals surface area contributed by atoms with Crippen molar-refractivity contribution in [1.82, 2.24) is 0 Å². The number of benzene rings is 1. The number of methoxy groups -OCH3 is 1. The van der Waals surface area contributed by atoms with Crippen molar-refractivity contribution in [2.24, 2.45) is 5.73 Å². The molecule has 1 aromatic carbocycles. The lowest BCUT2D eigenvalue weighted by Gasteiger charge is -2.13. The summed E-state index contributed by atoms with van der Waals surface area (Å²) in [5, 5.41) is 0. The third-order valence-corrected chi connectivity index (χ3v) is 3.81. The summed E-state index contributed by atoms with van der Waals surface area (Å²) in [4.78, 5) is 11.0. The van der Waals surface area contributed by atoms with Crippen LogP contribution in [0.2, 0.25) is 0 Å².